The van der Waals surface area contributed by atoms with E-state index in [1.807, 2.05) is 11.5 Å². The van der Waals surface area contributed by atoms with Gasteiger partial charge < -0.3 is 19.4 Å². The molecule has 2 aromatic carbocycles. The number of halogens is 1. The van der Waals surface area contributed by atoms with Crippen molar-refractivity contribution in [2.75, 3.05) is 20.3 Å². The molecule has 0 aliphatic carbocycles. The first-order valence-electron chi connectivity index (χ1n) is 10.3. The number of methoxy groups -OCH3 is 1. The van der Waals surface area contributed by atoms with E-state index in [1.165, 1.54) is 19.2 Å². The van der Waals surface area contributed by atoms with E-state index in [0.29, 0.717) is 23.4 Å². The van der Waals surface area contributed by atoms with E-state index >= 15 is 0 Å². The second-order valence-electron chi connectivity index (χ2n) is 7.50. The van der Waals surface area contributed by atoms with Crippen LogP contribution >= 0.6 is 0 Å². The molecule has 0 aliphatic rings. The number of amides is 1. The zero-order valence-electron chi connectivity index (χ0n) is 18.7. The van der Waals surface area contributed by atoms with Crippen molar-refractivity contribution in [1.82, 2.24) is 9.88 Å². The van der Waals surface area contributed by atoms with Crippen LogP contribution in [0.3, 0.4) is 0 Å². The number of carbonyl (C=O) groups is 3. The van der Waals surface area contributed by atoms with E-state index in [-0.39, 0.29) is 18.1 Å². The van der Waals surface area contributed by atoms with Gasteiger partial charge in [-0.2, -0.15) is 0 Å². The summed E-state index contributed by atoms with van der Waals surface area (Å²) in [6, 6.07) is 14.4. The number of nitrogens with zero attached hydrogens (tertiary/aromatic N) is 1. The second-order valence-corrected chi connectivity index (χ2v) is 7.50. The molecule has 0 saturated heterocycles. The molecule has 0 fully saturated rings. The number of ether oxygens (including phenoxy) is 2. The first-order valence-corrected chi connectivity index (χ1v) is 10.3. The van der Waals surface area contributed by atoms with Gasteiger partial charge in [-0.3, -0.25) is 14.4 Å². The van der Waals surface area contributed by atoms with Crippen molar-refractivity contribution in [3.05, 3.63) is 88.5 Å². The van der Waals surface area contributed by atoms with Crippen LogP contribution in [0.4, 0.5) is 4.39 Å². The molecule has 33 heavy (non-hydrogen) atoms. The van der Waals surface area contributed by atoms with Gasteiger partial charge in [-0.15, -0.1) is 0 Å². The summed E-state index contributed by atoms with van der Waals surface area (Å²) in [4.78, 5) is 36.8. The Balaban J connectivity index is 1.54. The third-order valence-corrected chi connectivity index (χ3v) is 5.22. The SMILES string of the molecule is COc1cccc(C(=O)NCC(=O)OCC(=O)c2cc(C)n(Cc3ccc(F)cc3)c2C)c1. The lowest BCUT2D eigenvalue weighted by Gasteiger charge is -2.10. The number of aromatic nitrogens is 1. The molecule has 7 nitrogen and oxygen atoms in total. The highest BCUT2D eigenvalue weighted by Crippen LogP contribution is 2.18. The molecule has 1 aromatic heterocycles. The molecule has 172 valence electrons. The van der Waals surface area contributed by atoms with Crippen LogP contribution in [-0.2, 0) is 16.1 Å². The van der Waals surface area contributed by atoms with Crippen molar-refractivity contribution in [3.63, 3.8) is 0 Å². The fraction of sp³-hybridized carbons (Fsp3) is 0.240. The van der Waals surface area contributed by atoms with E-state index < -0.39 is 18.5 Å². The molecular formula is C25H25FN2O5. The summed E-state index contributed by atoms with van der Waals surface area (Å²) in [5.41, 5.74) is 3.27. The largest absolute Gasteiger partial charge is 0.497 e. The molecule has 0 saturated carbocycles. The highest BCUT2D eigenvalue weighted by atomic mass is 19.1. The molecule has 0 atom stereocenters. The third kappa shape index (κ3) is 6.06. The van der Waals surface area contributed by atoms with Crippen molar-refractivity contribution in [2.45, 2.75) is 20.4 Å². The number of nitrogens with one attached hydrogen (secondary N) is 1. The summed E-state index contributed by atoms with van der Waals surface area (Å²) in [6.07, 6.45) is 0. The topological polar surface area (TPSA) is 86.6 Å². The highest BCUT2D eigenvalue weighted by Gasteiger charge is 2.18. The standard InChI is InChI=1S/C25H25FN2O5/c1-16-11-22(17(2)28(16)14-18-7-9-20(26)10-8-18)23(29)15-33-24(30)13-27-25(31)19-5-4-6-21(12-19)32-3/h4-12H,13-15H2,1-3H3,(H,27,31). The molecular weight excluding hydrogens is 427 g/mol. The van der Waals surface area contributed by atoms with Gasteiger partial charge in [0.1, 0.15) is 18.1 Å². The molecule has 0 unspecified atom stereocenters. The summed E-state index contributed by atoms with van der Waals surface area (Å²) >= 11 is 0. The minimum Gasteiger partial charge on any atom is -0.497 e. The van der Waals surface area contributed by atoms with Gasteiger partial charge in [0.25, 0.3) is 5.91 Å². The van der Waals surface area contributed by atoms with Gasteiger partial charge in [-0.05, 0) is 55.8 Å². The van der Waals surface area contributed by atoms with E-state index in [4.69, 9.17) is 9.47 Å². The number of Topliss-reactive ketones (excluding diaryl/α,β-unsaturated/α-hetero) is 1. The molecule has 8 heteroatoms. The number of hydrogen-bond donors (Lipinski definition) is 1. The maximum absolute atomic E-state index is 13.1. The number of ketones is 1. The zero-order chi connectivity index (χ0) is 24.0. The Hall–Kier alpha value is -3.94. The van der Waals surface area contributed by atoms with Crippen molar-refractivity contribution >= 4 is 17.7 Å². The van der Waals surface area contributed by atoms with Crippen LogP contribution in [0.5, 0.6) is 5.75 Å². The van der Waals surface area contributed by atoms with Crippen LogP contribution in [0.2, 0.25) is 0 Å². The third-order valence-electron chi connectivity index (χ3n) is 5.22. The van der Waals surface area contributed by atoms with Crippen molar-refractivity contribution in [3.8, 4) is 5.75 Å². The lowest BCUT2D eigenvalue weighted by Crippen LogP contribution is -2.31. The van der Waals surface area contributed by atoms with Crippen LogP contribution in [0.15, 0.2) is 54.6 Å². The van der Waals surface area contributed by atoms with Crippen LogP contribution in [0.25, 0.3) is 0 Å². The van der Waals surface area contributed by atoms with Gasteiger partial charge in [-0.1, -0.05) is 18.2 Å². The quantitative estimate of drug-likeness (QED) is 0.397. The molecule has 1 heterocycles. The predicted octanol–water partition coefficient (Wildman–Crippen LogP) is 3.46. The summed E-state index contributed by atoms with van der Waals surface area (Å²) in [5, 5.41) is 2.46. The molecule has 1 N–H and O–H groups in total. The maximum atomic E-state index is 13.1. The molecule has 0 bridgehead atoms. The van der Waals surface area contributed by atoms with Crippen LogP contribution < -0.4 is 10.1 Å². The Labute approximate surface area is 191 Å². The van der Waals surface area contributed by atoms with Crippen LogP contribution in [-0.4, -0.2) is 42.5 Å². The van der Waals surface area contributed by atoms with Crippen LogP contribution in [0.1, 0.15) is 37.7 Å². The van der Waals surface area contributed by atoms with E-state index in [1.54, 1.807) is 49.4 Å². The Morgan fingerprint density at radius 1 is 1.03 bits per heavy atom. The number of benzene rings is 2. The highest BCUT2D eigenvalue weighted by molar-refractivity contribution is 6.00. The Kier molecular flexibility index (Phi) is 7.61. The number of rotatable bonds is 9. The smallest absolute Gasteiger partial charge is 0.325 e. The molecule has 3 rings (SSSR count). The lowest BCUT2D eigenvalue weighted by atomic mass is 10.1. The van der Waals surface area contributed by atoms with Gasteiger partial charge >= 0.3 is 5.97 Å². The number of esters is 1. The second kappa shape index (κ2) is 10.6. The predicted molar refractivity (Wildman–Crippen MR) is 120 cm³/mol. The minimum atomic E-state index is -0.722. The number of carbonyl (C=O) groups excluding carboxylic acids is 3. The first kappa shape index (κ1) is 23.7. The van der Waals surface area contributed by atoms with Crippen molar-refractivity contribution in [1.29, 1.82) is 0 Å². The first-order chi connectivity index (χ1) is 15.8. The van der Waals surface area contributed by atoms with E-state index in [2.05, 4.69) is 5.32 Å². The Bertz CT molecular complexity index is 1170. The monoisotopic (exact) mass is 452 g/mol. The van der Waals surface area contributed by atoms with E-state index in [9.17, 15) is 18.8 Å². The molecule has 0 spiro atoms. The fourth-order valence-corrected chi connectivity index (χ4v) is 3.39. The molecule has 3 aromatic rings. The summed E-state index contributed by atoms with van der Waals surface area (Å²) in [6.45, 7) is 3.36. The summed E-state index contributed by atoms with van der Waals surface area (Å²) in [5.74, 6) is -1.31. The summed E-state index contributed by atoms with van der Waals surface area (Å²) < 4.78 is 25.2. The van der Waals surface area contributed by atoms with Gasteiger partial charge in [0.15, 0.2) is 6.61 Å². The lowest BCUT2D eigenvalue weighted by molar-refractivity contribution is -0.141. The van der Waals surface area contributed by atoms with Gasteiger partial charge in [-0.25, -0.2) is 4.39 Å². The average Bonchev–Trinajstić information content (AvgIpc) is 3.10. The fourth-order valence-electron chi connectivity index (χ4n) is 3.39. The number of aryl methyl sites for hydroxylation is 1. The normalized spacial score (nSPS) is 10.5. The van der Waals surface area contributed by atoms with Crippen LogP contribution in [0, 0.1) is 19.7 Å². The molecule has 0 aliphatic heterocycles. The average molecular weight is 452 g/mol. The Morgan fingerprint density at radius 3 is 2.45 bits per heavy atom. The van der Waals surface area contributed by atoms with E-state index in [0.717, 1.165) is 17.0 Å². The van der Waals surface area contributed by atoms with Gasteiger partial charge in [0.2, 0.25) is 5.78 Å². The van der Waals surface area contributed by atoms with Crippen molar-refractivity contribution in [2.24, 2.45) is 0 Å². The van der Waals surface area contributed by atoms with Gasteiger partial charge in [0, 0.05) is 29.1 Å². The summed E-state index contributed by atoms with van der Waals surface area (Å²) in [7, 11) is 1.49. The Morgan fingerprint density at radius 2 is 1.76 bits per heavy atom. The molecule has 1 amide bonds. The zero-order valence-corrected chi connectivity index (χ0v) is 18.7. The maximum Gasteiger partial charge on any atom is 0.325 e. The minimum absolute atomic E-state index is 0.308. The van der Waals surface area contributed by atoms with Crippen molar-refractivity contribution < 1.29 is 28.2 Å². The molecule has 0 radical (unpaired) electrons. The van der Waals surface area contributed by atoms with Gasteiger partial charge in [0.05, 0.1) is 7.11 Å². The number of hydrogen-bond acceptors (Lipinski definition) is 5.